The fourth-order valence-corrected chi connectivity index (χ4v) is 2.60. The Hall–Kier alpha value is -0.0900. The van der Waals surface area contributed by atoms with Crippen molar-refractivity contribution in [2.45, 2.75) is 19.8 Å². The van der Waals surface area contributed by atoms with Crippen molar-refractivity contribution in [1.29, 1.82) is 0 Å². The first-order valence-corrected chi connectivity index (χ1v) is 5.58. The molecule has 1 aromatic heterocycles. The Balaban J connectivity index is 2.85. The lowest BCUT2D eigenvalue weighted by Gasteiger charge is -2.04. The maximum atomic E-state index is 4.39. The van der Waals surface area contributed by atoms with Gasteiger partial charge in [0.2, 0.25) is 0 Å². The Morgan fingerprint density at radius 3 is 2.58 bits per heavy atom. The van der Waals surface area contributed by atoms with Gasteiger partial charge in [0.15, 0.2) is 5.13 Å². The Bertz CT molecular complexity index is 258. The fourth-order valence-electron chi connectivity index (χ4n) is 0.894. The molecular weight excluding hydrogens is 236 g/mol. The number of hydrogen-bond acceptors (Lipinski definition) is 3. The van der Waals surface area contributed by atoms with E-state index in [4.69, 9.17) is 0 Å². The number of rotatable bonds is 3. The molecule has 0 unspecified atom stereocenters. The SMILES string of the molecule is CCCc1sc(N(C)C)nc1Br. The van der Waals surface area contributed by atoms with Gasteiger partial charge in [-0.2, -0.15) is 0 Å². The molecule has 0 aliphatic carbocycles. The van der Waals surface area contributed by atoms with Crippen LogP contribution in [0.4, 0.5) is 5.13 Å². The molecule has 0 fully saturated rings. The highest BCUT2D eigenvalue weighted by Crippen LogP contribution is 2.29. The second-order valence-electron chi connectivity index (χ2n) is 2.85. The molecular formula is C8H13BrN2S. The maximum Gasteiger partial charge on any atom is 0.186 e. The van der Waals surface area contributed by atoms with E-state index in [1.165, 1.54) is 11.3 Å². The maximum absolute atomic E-state index is 4.39. The van der Waals surface area contributed by atoms with Crippen LogP contribution in [0.2, 0.25) is 0 Å². The molecule has 0 radical (unpaired) electrons. The van der Waals surface area contributed by atoms with Gasteiger partial charge in [0.1, 0.15) is 4.60 Å². The summed E-state index contributed by atoms with van der Waals surface area (Å²) in [6.45, 7) is 2.18. The fraction of sp³-hybridized carbons (Fsp3) is 0.625. The minimum atomic E-state index is 1.01. The normalized spacial score (nSPS) is 10.3. The van der Waals surface area contributed by atoms with Gasteiger partial charge in [-0.1, -0.05) is 13.3 Å². The number of thiazole rings is 1. The van der Waals surface area contributed by atoms with Crippen LogP contribution in [0.15, 0.2) is 4.60 Å². The first kappa shape index (κ1) is 9.99. The largest absolute Gasteiger partial charge is 0.354 e. The van der Waals surface area contributed by atoms with Crippen molar-refractivity contribution in [2.75, 3.05) is 19.0 Å². The molecule has 1 heterocycles. The summed E-state index contributed by atoms with van der Waals surface area (Å²) in [7, 11) is 4.03. The summed E-state index contributed by atoms with van der Waals surface area (Å²) in [4.78, 5) is 7.77. The van der Waals surface area contributed by atoms with Crippen LogP contribution in [0.25, 0.3) is 0 Å². The zero-order chi connectivity index (χ0) is 9.14. The third-order valence-electron chi connectivity index (χ3n) is 1.50. The Labute approximate surface area is 85.7 Å². The van der Waals surface area contributed by atoms with E-state index >= 15 is 0 Å². The molecule has 0 bridgehead atoms. The number of nitrogens with zero attached hydrogens (tertiary/aromatic N) is 2. The van der Waals surface area contributed by atoms with Crippen LogP contribution in [-0.2, 0) is 6.42 Å². The van der Waals surface area contributed by atoms with E-state index in [9.17, 15) is 0 Å². The van der Waals surface area contributed by atoms with E-state index in [1.807, 2.05) is 19.0 Å². The van der Waals surface area contributed by atoms with Crippen molar-refractivity contribution in [3.63, 3.8) is 0 Å². The van der Waals surface area contributed by atoms with E-state index in [-0.39, 0.29) is 0 Å². The predicted molar refractivity (Wildman–Crippen MR) is 58.1 cm³/mol. The molecule has 0 aromatic carbocycles. The van der Waals surface area contributed by atoms with Crippen LogP contribution in [0.3, 0.4) is 0 Å². The molecule has 0 atom stereocenters. The van der Waals surface area contributed by atoms with Gasteiger partial charge in [0.05, 0.1) is 0 Å². The minimum Gasteiger partial charge on any atom is -0.354 e. The summed E-state index contributed by atoms with van der Waals surface area (Å²) in [5.41, 5.74) is 0. The Kier molecular flexibility index (Phi) is 3.53. The van der Waals surface area contributed by atoms with Crippen molar-refractivity contribution in [2.24, 2.45) is 0 Å². The minimum absolute atomic E-state index is 1.01. The quantitative estimate of drug-likeness (QED) is 0.818. The van der Waals surface area contributed by atoms with Crippen molar-refractivity contribution >= 4 is 32.4 Å². The van der Waals surface area contributed by atoms with Crippen LogP contribution in [-0.4, -0.2) is 19.1 Å². The molecule has 0 N–H and O–H groups in total. The highest BCUT2D eigenvalue weighted by atomic mass is 79.9. The molecule has 0 aliphatic heterocycles. The smallest absolute Gasteiger partial charge is 0.186 e. The van der Waals surface area contributed by atoms with Gasteiger partial charge in [-0.15, -0.1) is 11.3 Å². The van der Waals surface area contributed by atoms with Gasteiger partial charge < -0.3 is 4.90 Å². The molecule has 0 aliphatic rings. The lowest BCUT2D eigenvalue weighted by molar-refractivity contribution is 0.930. The van der Waals surface area contributed by atoms with Crippen molar-refractivity contribution in [1.82, 2.24) is 4.98 Å². The second-order valence-corrected chi connectivity index (χ2v) is 4.67. The Morgan fingerprint density at radius 1 is 1.50 bits per heavy atom. The van der Waals surface area contributed by atoms with Gasteiger partial charge >= 0.3 is 0 Å². The summed E-state index contributed by atoms with van der Waals surface area (Å²) < 4.78 is 1.01. The van der Waals surface area contributed by atoms with Crippen LogP contribution >= 0.6 is 27.3 Å². The highest BCUT2D eigenvalue weighted by Gasteiger charge is 2.08. The second kappa shape index (κ2) is 4.23. The monoisotopic (exact) mass is 248 g/mol. The molecule has 1 rings (SSSR count). The van der Waals surface area contributed by atoms with Gasteiger partial charge in [-0.05, 0) is 22.4 Å². The topological polar surface area (TPSA) is 16.1 Å². The standard InChI is InChI=1S/C8H13BrN2S/c1-4-5-6-7(9)10-8(12-6)11(2)3/h4-5H2,1-3H3. The van der Waals surface area contributed by atoms with Crippen molar-refractivity contribution in [3.8, 4) is 0 Å². The van der Waals surface area contributed by atoms with Gasteiger partial charge in [0.25, 0.3) is 0 Å². The molecule has 0 saturated carbocycles. The van der Waals surface area contributed by atoms with Crippen molar-refractivity contribution < 1.29 is 0 Å². The first-order chi connectivity index (χ1) is 5.65. The number of halogens is 1. The summed E-state index contributed by atoms with van der Waals surface area (Å²) >= 11 is 5.22. The third-order valence-corrected chi connectivity index (χ3v) is 3.70. The number of hydrogen-bond donors (Lipinski definition) is 0. The number of aryl methyl sites for hydroxylation is 1. The summed E-state index contributed by atoms with van der Waals surface area (Å²) in [6, 6.07) is 0. The molecule has 0 spiro atoms. The van der Waals surface area contributed by atoms with Crippen LogP contribution in [0, 0.1) is 0 Å². The Morgan fingerprint density at radius 2 is 2.17 bits per heavy atom. The number of aromatic nitrogens is 1. The van der Waals surface area contributed by atoms with E-state index in [0.29, 0.717) is 0 Å². The molecule has 0 saturated heterocycles. The molecule has 0 amide bonds. The highest BCUT2D eigenvalue weighted by molar-refractivity contribution is 9.10. The lowest BCUT2D eigenvalue weighted by atomic mass is 10.3. The summed E-state index contributed by atoms with van der Waals surface area (Å²) in [5, 5.41) is 1.07. The molecule has 68 valence electrons. The number of anilines is 1. The van der Waals surface area contributed by atoms with Gasteiger partial charge in [-0.3, -0.25) is 0 Å². The molecule has 4 heteroatoms. The van der Waals surface area contributed by atoms with E-state index in [2.05, 4.69) is 27.8 Å². The van der Waals surface area contributed by atoms with Gasteiger partial charge in [-0.25, -0.2) is 4.98 Å². The van der Waals surface area contributed by atoms with Crippen LogP contribution in [0.5, 0.6) is 0 Å². The van der Waals surface area contributed by atoms with Crippen LogP contribution in [0.1, 0.15) is 18.2 Å². The average molecular weight is 249 g/mol. The summed E-state index contributed by atoms with van der Waals surface area (Å²) in [6.07, 6.45) is 2.29. The van der Waals surface area contributed by atoms with Gasteiger partial charge in [0, 0.05) is 19.0 Å². The van der Waals surface area contributed by atoms with Crippen LogP contribution < -0.4 is 4.90 Å². The van der Waals surface area contributed by atoms with E-state index in [0.717, 1.165) is 16.2 Å². The molecule has 2 nitrogen and oxygen atoms in total. The zero-order valence-corrected chi connectivity index (χ0v) is 10.00. The molecule has 12 heavy (non-hydrogen) atoms. The summed E-state index contributed by atoms with van der Waals surface area (Å²) in [5.74, 6) is 0. The van der Waals surface area contributed by atoms with E-state index < -0.39 is 0 Å². The average Bonchev–Trinajstić information content (AvgIpc) is 2.34. The first-order valence-electron chi connectivity index (χ1n) is 3.97. The zero-order valence-electron chi connectivity index (χ0n) is 7.59. The molecule has 1 aromatic rings. The van der Waals surface area contributed by atoms with E-state index in [1.54, 1.807) is 11.3 Å². The lowest BCUT2D eigenvalue weighted by Crippen LogP contribution is -2.07. The third kappa shape index (κ3) is 2.20. The predicted octanol–water partition coefficient (Wildman–Crippen LogP) is 2.92. The van der Waals surface area contributed by atoms with Crippen molar-refractivity contribution in [3.05, 3.63) is 9.48 Å².